The van der Waals surface area contributed by atoms with Crippen LogP contribution in [0.1, 0.15) is 21.5 Å². The Labute approximate surface area is 122 Å². The molecule has 0 bridgehead atoms. The van der Waals surface area contributed by atoms with E-state index in [2.05, 4.69) is 0 Å². The normalized spacial score (nSPS) is 11.3. The number of halogens is 4. The Kier molecular flexibility index (Phi) is 4.35. The highest BCUT2D eigenvalue weighted by Crippen LogP contribution is 2.39. The molecule has 0 spiro atoms. The topological polar surface area (TPSA) is 46.5 Å². The minimum atomic E-state index is -4.93. The van der Waals surface area contributed by atoms with Gasteiger partial charge < -0.3 is 9.84 Å². The van der Waals surface area contributed by atoms with Crippen LogP contribution in [0.5, 0.6) is 5.75 Å². The first-order valence-corrected chi connectivity index (χ1v) is 6.10. The van der Waals surface area contributed by atoms with Crippen molar-refractivity contribution in [3.63, 3.8) is 0 Å². The van der Waals surface area contributed by atoms with Crippen LogP contribution in [0, 0.1) is 5.82 Å². The van der Waals surface area contributed by atoms with Gasteiger partial charge in [0.1, 0.15) is 29.3 Å². The van der Waals surface area contributed by atoms with Crippen molar-refractivity contribution >= 4 is 5.97 Å². The molecule has 2 aromatic rings. The number of carboxylic acid groups (broad SMARTS) is 1. The van der Waals surface area contributed by atoms with Crippen LogP contribution in [0.25, 0.3) is 0 Å². The molecule has 7 heteroatoms. The van der Waals surface area contributed by atoms with Gasteiger partial charge in [0.15, 0.2) is 0 Å². The van der Waals surface area contributed by atoms with E-state index < -0.39 is 34.8 Å². The minimum absolute atomic E-state index is 0.215. The van der Waals surface area contributed by atoms with E-state index in [1.165, 1.54) is 0 Å². The number of benzene rings is 2. The van der Waals surface area contributed by atoms with Crippen molar-refractivity contribution in [2.75, 3.05) is 0 Å². The van der Waals surface area contributed by atoms with Gasteiger partial charge in [-0.25, -0.2) is 9.18 Å². The van der Waals surface area contributed by atoms with Crippen LogP contribution in [0.4, 0.5) is 17.6 Å². The van der Waals surface area contributed by atoms with Crippen LogP contribution in [-0.2, 0) is 12.8 Å². The molecule has 0 amide bonds. The molecule has 0 heterocycles. The average molecular weight is 314 g/mol. The zero-order valence-corrected chi connectivity index (χ0v) is 11.0. The summed E-state index contributed by atoms with van der Waals surface area (Å²) in [6, 6.07) is 8.96. The van der Waals surface area contributed by atoms with Crippen molar-refractivity contribution in [3.05, 3.63) is 65.0 Å². The highest BCUT2D eigenvalue weighted by atomic mass is 19.4. The van der Waals surface area contributed by atoms with Crippen LogP contribution < -0.4 is 4.74 Å². The van der Waals surface area contributed by atoms with E-state index in [1.807, 2.05) is 0 Å². The summed E-state index contributed by atoms with van der Waals surface area (Å²) in [5, 5.41) is 8.96. The molecule has 2 aromatic carbocycles. The maximum atomic E-state index is 13.2. The van der Waals surface area contributed by atoms with E-state index in [4.69, 9.17) is 9.84 Å². The van der Waals surface area contributed by atoms with Crippen molar-refractivity contribution in [1.82, 2.24) is 0 Å². The number of ether oxygens (including phenoxy) is 1. The van der Waals surface area contributed by atoms with E-state index in [1.54, 1.807) is 30.3 Å². The number of rotatable bonds is 4. The second-order valence-corrected chi connectivity index (χ2v) is 4.41. The molecule has 2 rings (SSSR count). The Morgan fingerprint density at radius 2 is 1.77 bits per heavy atom. The molecule has 116 valence electrons. The van der Waals surface area contributed by atoms with Gasteiger partial charge in [-0.2, -0.15) is 13.2 Å². The monoisotopic (exact) mass is 314 g/mol. The summed E-state index contributed by atoms with van der Waals surface area (Å²) in [6.07, 6.45) is -4.93. The summed E-state index contributed by atoms with van der Waals surface area (Å²) >= 11 is 0. The largest absolute Gasteiger partial charge is 0.487 e. The smallest absolute Gasteiger partial charge is 0.420 e. The Balaban J connectivity index is 2.45. The van der Waals surface area contributed by atoms with Crippen LogP contribution >= 0.6 is 0 Å². The molecule has 0 aliphatic rings. The zero-order chi connectivity index (χ0) is 16.3. The molecule has 0 aliphatic carbocycles. The van der Waals surface area contributed by atoms with Gasteiger partial charge in [0, 0.05) is 0 Å². The van der Waals surface area contributed by atoms with Gasteiger partial charge in [0.05, 0.1) is 0 Å². The predicted molar refractivity (Wildman–Crippen MR) is 69.1 cm³/mol. The lowest BCUT2D eigenvalue weighted by molar-refractivity contribution is -0.139. The van der Waals surface area contributed by atoms with E-state index in [0.717, 1.165) is 0 Å². The summed E-state index contributed by atoms with van der Waals surface area (Å²) in [5.41, 5.74) is -1.78. The molecule has 0 fully saturated rings. The Morgan fingerprint density at radius 3 is 2.32 bits per heavy atom. The lowest BCUT2D eigenvalue weighted by atomic mass is 10.1. The molecule has 0 aromatic heterocycles. The molecule has 1 N–H and O–H groups in total. The van der Waals surface area contributed by atoms with Crippen molar-refractivity contribution in [3.8, 4) is 5.75 Å². The molecule has 0 radical (unpaired) electrons. The number of hydrogen-bond acceptors (Lipinski definition) is 2. The summed E-state index contributed by atoms with van der Waals surface area (Å²) in [6.45, 7) is -0.268. The van der Waals surface area contributed by atoms with E-state index >= 15 is 0 Å². The average Bonchev–Trinajstić information content (AvgIpc) is 2.45. The fourth-order valence-corrected chi connectivity index (χ4v) is 1.85. The number of hydrogen-bond donors (Lipinski definition) is 1. The molecule has 22 heavy (non-hydrogen) atoms. The highest BCUT2D eigenvalue weighted by molar-refractivity contribution is 5.91. The van der Waals surface area contributed by atoms with Crippen molar-refractivity contribution < 1.29 is 32.2 Å². The van der Waals surface area contributed by atoms with Gasteiger partial charge in [-0.3, -0.25) is 0 Å². The van der Waals surface area contributed by atoms with E-state index in [-0.39, 0.29) is 12.7 Å². The fraction of sp³-hybridized carbons (Fsp3) is 0.133. The first-order chi connectivity index (χ1) is 10.3. The first-order valence-electron chi connectivity index (χ1n) is 6.10. The fourth-order valence-electron chi connectivity index (χ4n) is 1.85. The standard InChI is InChI=1S/C15H10F4O3/c16-10-6-11(14(20)21)13(12(7-10)15(17,18)19)22-8-9-4-2-1-3-5-9/h1-7H,8H2,(H,20,21). The SMILES string of the molecule is O=C(O)c1cc(F)cc(C(F)(F)F)c1OCc1ccccc1. The van der Waals surface area contributed by atoms with Crippen molar-refractivity contribution in [2.24, 2.45) is 0 Å². The quantitative estimate of drug-likeness (QED) is 0.864. The van der Waals surface area contributed by atoms with E-state index in [0.29, 0.717) is 11.6 Å². The third-order valence-electron chi connectivity index (χ3n) is 2.82. The van der Waals surface area contributed by atoms with Gasteiger partial charge in [0.25, 0.3) is 0 Å². The van der Waals surface area contributed by atoms with Crippen LogP contribution in [0.2, 0.25) is 0 Å². The maximum Gasteiger partial charge on any atom is 0.420 e. The van der Waals surface area contributed by atoms with Crippen molar-refractivity contribution in [1.29, 1.82) is 0 Å². The summed E-state index contributed by atoms with van der Waals surface area (Å²) in [4.78, 5) is 11.1. The van der Waals surface area contributed by atoms with Gasteiger partial charge in [-0.1, -0.05) is 30.3 Å². The van der Waals surface area contributed by atoms with E-state index in [9.17, 15) is 22.4 Å². The Bertz CT molecular complexity index is 681. The number of carbonyl (C=O) groups is 1. The van der Waals surface area contributed by atoms with Gasteiger partial charge in [0.2, 0.25) is 0 Å². The second-order valence-electron chi connectivity index (χ2n) is 4.41. The molecule has 3 nitrogen and oxygen atoms in total. The van der Waals surface area contributed by atoms with Gasteiger partial charge in [-0.15, -0.1) is 0 Å². The molecule has 0 saturated heterocycles. The lowest BCUT2D eigenvalue weighted by Crippen LogP contribution is -2.13. The molecule has 0 aliphatic heterocycles. The van der Waals surface area contributed by atoms with Gasteiger partial charge >= 0.3 is 12.1 Å². The Morgan fingerprint density at radius 1 is 1.14 bits per heavy atom. The predicted octanol–water partition coefficient (Wildman–Crippen LogP) is 4.12. The summed E-state index contributed by atoms with van der Waals surface area (Å²) < 4.78 is 57.1. The summed E-state index contributed by atoms with van der Waals surface area (Å²) in [7, 11) is 0. The lowest BCUT2D eigenvalue weighted by Gasteiger charge is -2.16. The number of alkyl halides is 3. The number of aromatic carboxylic acids is 1. The van der Waals surface area contributed by atoms with Crippen LogP contribution in [0.15, 0.2) is 42.5 Å². The number of carboxylic acids is 1. The molecular weight excluding hydrogens is 304 g/mol. The molecule has 0 unspecified atom stereocenters. The van der Waals surface area contributed by atoms with Gasteiger partial charge in [-0.05, 0) is 17.7 Å². The summed E-state index contributed by atoms with van der Waals surface area (Å²) in [5.74, 6) is -3.89. The first kappa shape index (κ1) is 15.8. The minimum Gasteiger partial charge on any atom is -0.487 e. The van der Waals surface area contributed by atoms with Crippen LogP contribution in [-0.4, -0.2) is 11.1 Å². The zero-order valence-electron chi connectivity index (χ0n) is 11.0. The van der Waals surface area contributed by atoms with Crippen molar-refractivity contribution in [2.45, 2.75) is 12.8 Å². The van der Waals surface area contributed by atoms with Crippen LogP contribution in [0.3, 0.4) is 0 Å². The third-order valence-corrected chi connectivity index (χ3v) is 2.82. The molecule has 0 atom stereocenters. The Hall–Kier alpha value is -2.57. The maximum absolute atomic E-state index is 13.2. The third kappa shape index (κ3) is 3.55. The molecule has 0 saturated carbocycles. The molecular formula is C15H10F4O3. The highest BCUT2D eigenvalue weighted by Gasteiger charge is 2.37. The second kappa shape index (κ2) is 6.05.